The van der Waals surface area contributed by atoms with Gasteiger partial charge in [0.25, 0.3) is 0 Å². The highest BCUT2D eigenvalue weighted by molar-refractivity contribution is 5.95. The highest BCUT2D eigenvalue weighted by atomic mass is 19.1. The molecule has 8 heteroatoms. The molecule has 1 fully saturated rings. The van der Waals surface area contributed by atoms with Crippen LogP contribution < -0.4 is 16.0 Å². The monoisotopic (exact) mass is 345 g/mol. The molecule has 2 heterocycles. The summed E-state index contributed by atoms with van der Waals surface area (Å²) in [4.78, 5) is 24.8. The minimum atomic E-state index is -0.798. The lowest BCUT2D eigenvalue weighted by Crippen LogP contribution is -2.55. The number of nitrogens with one attached hydrogen (secondary N) is 3. The van der Waals surface area contributed by atoms with Crippen molar-refractivity contribution in [1.82, 2.24) is 20.4 Å². The fourth-order valence-electron chi connectivity index (χ4n) is 3.02. The molecule has 0 radical (unpaired) electrons. The Bertz CT molecular complexity index is 741. The van der Waals surface area contributed by atoms with Gasteiger partial charge in [-0.25, -0.2) is 4.39 Å². The Morgan fingerprint density at radius 1 is 1.28 bits per heavy atom. The SMILES string of the molecule is O=C(CNC(=O)C1(n2cccn2)CCNCC1)Nc1cccc(F)c1. The number of halogens is 1. The Hall–Kier alpha value is -2.74. The largest absolute Gasteiger partial charge is 0.345 e. The van der Waals surface area contributed by atoms with Gasteiger partial charge in [0, 0.05) is 18.1 Å². The first-order chi connectivity index (χ1) is 12.1. The van der Waals surface area contributed by atoms with E-state index in [0.29, 0.717) is 31.6 Å². The van der Waals surface area contributed by atoms with E-state index in [1.54, 1.807) is 29.2 Å². The van der Waals surface area contributed by atoms with Gasteiger partial charge in [-0.3, -0.25) is 14.3 Å². The standard InChI is InChI=1S/C17H20FN5O2/c18-13-3-1-4-14(11-13)22-15(24)12-20-16(25)17(5-8-19-9-6-17)23-10-2-7-21-23/h1-4,7,10-11,19H,5-6,8-9,12H2,(H,20,25)(H,22,24). The van der Waals surface area contributed by atoms with E-state index in [0.717, 1.165) is 0 Å². The molecule has 1 saturated heterocycles. The lowest BCUT2D eigenvalue weighted by Gasteiger charge is -2.36. The van der Waals surface area contributed by atoms with Crippen LogP contribution in [-0.2, 0) is 15.1 Å². The van der Waals surface area contributed by atoms with Crippen molar-refractivity contribution in [3.63, 3.8) is 0 Å². The zero-order valence-electron chi connectivity index (χ0n) is 13.7. The van der Waals surface area contributed by atoms with Crippen LogP contribution in [0.4, 0.5) is 10.1 Å². The number of aromatic nitrogens is 2. The molecule has 3 N–H and O–H groups in total. The Labute approximate surface area is 144 Å². The van der Waals surface area contributed by atoms with E-state index in [4.69, 9.17) is 0 Å². The lowest BCUT2D eigenvalue weighted by atomic mass is 9.87. The summed E-state index contributed by atoms with van der Waals surface area (Å²) in [5.41, 5.74) is -0.448. The molecule has 2 amide bonds. The molecule has 0 atom stereocenters. The maximum atomic E-state index is 13.1. The third kappa shape index (κ3) is 3.85. The zero-order valence-corrected chi connectivity index (χ0v) is 13.7. The van der Waals surface area contributed by atoms with E-state index in [1.807, 2.05) is 0 Å². The number of anilines is 1. The molecule has 1 aromatic carbocycles. The van der Waals surface area contributed by atoms with Gasteiger partial charge in [-0.15, -0.1) is 0 Å². The third-order valence-corrected chi connectivity index (χ3v) is 4.31. The van der Waals surface area contributed by atoms with Gasteiger partial charge in [-0.1, -0.05) is 6.07 Å². The van der Waals surface area contributed by atoms with Crippen LogP contribution in [-0.4, -0.2) is 41.2 Å². The summed E-state index contributed by atoms with van der Waals surface area (Å²) in [5.74, 6) is -1.09. The summed E-state index contributed by atoms with van der Waals surface area (Å²) in [6.45, 7) is 1.21. The Morgan fingerprint density at radius 3 is 2.76 bits per heavy atom. The number of rotatable bonds is 5. The summed E-state index contributed by atoms with van der Waals surface area (Å²) < 4.78 is 14.8. The summed E-state index contributed by atoms with van der Waals surface area (Å²) in [7, 11) is 0. The highest BCUT2D eigenvalue weighted by Crippen LogP contribution is 2.27. The average molecular weight is 345 g/mol. The molecule has 0 aliphatic carbocycles. The second-order valence-corrected chi connectivity index (χ2v) is 5.97. The highest BCUT2D eigenvalue weighted by Gasteiger charge is 2.41. The first-order valence-electron chi connectivity index (χ1n) is 8.15. The predicted molar refractivity (Wildman–Crippen MR) is 90.3 cm³/mol. The first-order valence-corrected chi connectivity index (χ1v) is 8.15. The minimum absolute atomic E-state index is 0.189. The second-order valence-electron chi connectivity index (χ2n) is 5.97. The normalized spacial score (nSPS) is 16.2. The van der Waals surface area contributed by atoms with Gasteiger partial charge < -0.3 is 16.0 Å². The number of carbonyl (C=O) groups is 2. The second kappa shape index (κ2) is 7.43. The van der Waals surface area contributed by atoms with Crippen LogP contribution in [0.1, 0.15) is 12.8 Å². The van der Waals surface area contributed by atoms with E-state index in [1.165, 1.54) is 18.2 Å². The number of hydrogen-bond donors (Lipinski definition) is 3. The van der Waals surface area contributed by atoms with Gasteiger partial charge >= 0.3 is 0 Å². The molecule has 0 saturated carbocycles. The molecule has 25 heavy (non-hydrogen) atoms. The third-order valence-electron chi connectivity index (χ3n) is 4.31. The Kier molecular flexibility index (Phi) is 5.08. The van der Waals surface area contributed by atoms with Crippen LogP contribution in [0.5, 0.6) is 0 Å². The van der Waals surface area contributed by atoms with E-state index in [9.17, 15) is 14.0 Å². The number of carbonyl (C=O) groups excluding carboxylic acids is 2. The van der Waals surface area contributed by atoms with Crippen molar-refractivity contribution >= 4 is 17.5 Å². The summed E-state index contributed by atoms with van der Waals surface area (Å²) >= 11 is 0. The molecular formula is C17H20FN5O2. The van der Waals surface area contributed by atoms with Crippen LogP contribution in [0.3, 0.4) is 0 Å². The van der Waals surface area contributed by atoms with Gasteiger partial charge in [0.15, 0.2) is 0 Å². The molecule has 0 bridgehead atoms. The molecule has 2 aromatic rings. The molecule has 132 valence electrons. The molecule has 1 aromatic heterocycles. The maximum absolute atomic E-state index is 13.1. The molecular weight excluding hydrogens is 325 g/mol. The topological polar surface area (TPSA) is 88.0 Å². The van der Waals surface area contributed by atoms with E-state index in [2.05, 4.69) is 21.0 Å². The molecule has 7 nitrogen and oxygen atoms in total. The predicted octanol–water partition coefficient (Wildman–Crippen LogP) is 0.856. The Morgan fingerprint density at radius 2 is 2.08 bits per heavy atom. The number of benzene rings is 1. The number of piperidine rings is 1. The van der Waals surface area contributed by atoms with Gasteiger partial charge in [0.05, 0.1) is 6.54 Å². The Balaban J connectivity index is 1.63. The van der Waals surface area contributed by atoms with Crippen molar-refractivity contribution in [1.29, 1.82) is 0 Å². The minimum Gasteiger partial charge on any atom is -0.345 e. The zero-order chi connectivity index (χ0) is 17.7. The van der Waals surface area contributed by atoms with Crippen molar-refractivity contribution in [3.8, 4) is 0 Å². The smallest absolute Gasteiger partial charge is 0.248 e. The first kappa shape index (κ1) is 17.1. The fourth-order valence-corrected chi connectivity index (χ4v) is 3.02. The van der Waals surface area contributed by atoms with Crippen LogP contribution >= 0.6 is 0 Å². The molecule has 1 aliphatic rings. The summed E-state index contributed by atoms with van der Waals surface area (Å²) in [6, 6.07) is 7.37. The molecule has 3 rings (SSSR count). The summed E-state index contributed by atoms with van der Waals surface area (Å²) in [5, 5.41) is 12.7. The maximum Gasteiger partial charge on any atom is 0.248 e. The molecule has 0 spiro atoms. The van der Waals surface area contributed by atoms with Gasteiger partial charge in [-0.05, 0) is 50.2 Å². The number of nitrogens with zero attached hydrogens (tertiary/aromatic N) is 2. The van der Waals surface area contributed by atoms with Crippen molar-refractivity contribution in [2.45, 2.75) is 18.4 Å². The lowest BCUT2D eigenvalue weighted by molar-refractivity contribution is -0.133. The van der Waals surface area contributed by atoms with E-state index >= 15 is 0 Å². The van der Waals surface area contributed by atoms with Crippen LogP contribution in [0, 0.1) is 5.82 Å². The number of hydrogen-bond acceptors (Lipinski definition) is 4. The van der Waals surface area contributed by atoms with Crippen LogP contribution in [0.15, 0.2) is 42.7 Å². The van der Waals surface area contributed by atoms with Crippen LogP contribution in [0.2, 0.25) is 0 Å². The quantitative estimate of drug-likeness (QED) is 0.750. The average Bonchev–Trinajstić information content (AvgIpc) is 3.15. The van der Waals surface area contributed by atoms with E-state index < -0.39 is 17.3 Å². The summed E-state index contributed by atoms with van der Waals surface area (Å²) in [6.07, 6.45) is 4.57. The molecule has 1 aliphatic heterocycles. The molecule has 0 unspecified atom stereocenters. The van der Waals surface area contributed by atoms with Gasteiger partial charge in [0.1, 0.15) is 11.4 Å². The van der Waals surface area contributed by atoms with Crippen molar-refractivity contribution < 1.29 is 14.0 Å². The van der Waals surface area contributed by atoms with Crippen LogP contribution in [0.25, 0.3) is 0 Å². The number of amides is 2. The fraction of sp³-hybridized carbons (Fsp3) is 0.353. The van der Waals surface area contributed by atoms with Crippen molar-refractivity contribution in [3.05, 3.63) is 48.5 Å². The van der Waals surface area contributed by atoms with Crippen molar-refractivity contribution in [2.24, 2.45) is 0 Å². The van der Waals surface area contributed by atoms with Gasteiger partial charge in [-0.2, -0.15) is 5.10 Å². The van der Waals surface area contributed by atoms with Gasteiger partial charge in [0.2, 0.25) is 11.8 Å². The van der Waals surface area contributed by atoms with E-state index in [-0.39, 0.29) is 12.5 Å². The van der Waals surface area contributed by atoms with Crippen molar-refractivity contribution in [2.75, 3.05) is 25.0 Å².